The van der Waals surface area contributed by atoms with Gasteiger partial charge < -0.3 is 5.11 Å². The van der Waals surface area contributed by atoms with E-state index in [0.717, 1.165) is 19.3 Å². The minimum absolute atomic E-state index is 0.249. The van der Waals surface area contributed by atoms with Gasteiger partial charge in [0.2, 0.25) is 0 Å². The lowest BCUT2D eigenvalue weighted by Crippen LogP contribution is -2.44. The zero-order valence-corrected chi connectivity index (χ0v) is 10.6. The molecule has 1 heterocycles. The van der Waals surface area contributed by atoms with Crippen molar-refractivity contribution >= 4 is 0 Å². The van der Waals surface area contributed by atoms with Crippen LogP contribution in [0.1, 0.15) is 51.4 Å². The van der Waals surface area contributed by atoms with Gasteiger partial charge in [-0.3, -0.25) is 4.90 Å². The Labute approximate surface area is 104 Å². The van der Waals surface area contributed by atoms with E-state index in [9.17, 15) is 5.26 Å². The Morgan fingerprint density at radius 2 is 2.00 bits per heavy atom. The summed E-state index contributed by atoms with van der Waals surface area (Å²) in [5.74, 6) is 0.249. The molecule has 0 amide bonds. The Bertz CT molecular complexity index is 274. The van der Waals surface area contributed by atoms with Crippen molar-refractivity contribution in [2.45, 2.75) is 63.5 Å². The van der Waals surface area contributed by atoms with Gasteiger partial charge in [-0.2, -0.15) is 5.26 Å². The van der Waals surface area contributed by atoms with Crippen molar-refractivity contribution < 1.29 is 5.11 Å². The predicted molar refractivity (Wildman–Crippen MR) is 67.4 cm³/mol. The number of hydrogen-bond acceptors (Lipinski definition) is 3. The van der Waals surface area contributed by atoms with Crippen LogP contribution in [0.4, 0.5) is 0 Å². The minimum Gasteiger partial charge on any atom is -0.396 e. The molecule has 0 radical (unpaired) electrons. The van der Waals surface area contributed by atoms with Gasteiger partial charge >= 0.3 is 0 Å². The first kappa shape index (κ1) is 12.9. The van der Waals surface area contributed by atoms with Crippen LogP contribution < -0.4 is 0 Å². The maximum absolute atomic E-state index is 9.27. The Morgan fingerprint density at radius 1 is 1.18 bits per heavy atom. The molecule has 0 bridgehead atoms. The van der Waals surface area contributed by atoms with Crippen molar-refractivity contribution in [1.82, 2.24) is 4.90 Å². The zero-order valence-electron chi connectivity index (χ0n) is 10.6. The van der Waals surface area contributed by atoms with Gasteiger partial charge in [-0.05, 0) is 45.1 Å². The van der Waals surface area contributed by atoms with Crippen molar-refractivity contribution in [1.29, 1.82) is 5.26 Å². The van der Waals surface area contributed by atoms with E-state index < -0.39 is 0 Å². The third-order valence-corrected chi connectivity index (χ3v) is 4.44. The quantitative estimate of drug-likeness (QED) is 0.814. The number of likely N-dealkylation sites (tertiary alicyclic amines) is 1. The van der Waals surface area contributed by atoms with Gasteiger partial charge in [-0.15, -0.1) is 0 Å². The molecule has 0 spiro atoms. The third kappa shape index (κ3) is 3.00. The van der Waals surface area contributed by atoms with Gasteiger partial charge in [0.25, 0.3) is 0 Å². The van der Waals surface area contributed by atoms with Crippen LogP contribution in [0.5, 0.6) is 0 Å². The van der Waals surface area contributed by atoms with Gasteiger partial charge in [0, 0.05) is 18.7 Å². The summed E-state index contributed by atoms with van der Waals surface area (Å²) in [6.07, 6.45) is 9.34. The van der Waals surface area contributed by atoms with Crippen LogP contribution in [0.25, 0.3) is 0 Å². The molecule has 1 N–H and O–H groups in total. The highest BCUT2D eigenvalue weighted by Crippen LogP contribution is 2.34. The van der Waals surface area contributed by atoms with Gasteiger partial charge in [-0.1, -0.05) is 12.8 Å². The average molecular weight is 236 g/mol. The van der Waals surface area contributed by atoms with Crippen molar-refractivity contribution in [3.05, 3.63) is 0 Å². The summed E-state index contributed by atoms with van der Waals surface area (Å²) < 4.78 is 0. The van der Waals surface area contributed by atoms with Crippen LogP contribution in [0.3, 0.4) is 0 Å². The van der Waals surface area contributed by atoms with Crippen LogP contribution >= 0.6 is 0 Å². The molecule has 0 aromatic rings. The second kappa shape index (κ2) is 6.37. The molecular formula is C14H24N2O. The van der Waals surface area contributed by atoms with Crippen LogP contribution in [-0.4, -0.2) is 35.2 Å². The Balaban J connectivity index is 1.96. The lowest BCUT2D eigenvalue weighted by Gasteiger charge is -2.38. The van der Waals surface area contributed by atoms with Gasteiger partial charge in [0.1, 0.15) is 0 Å². The largest absolute Gasteiger partial charge is 0.396 e. The summed E-state index contributed by atoms with van der Waals surface area (Å²) in [6, 6.07) is 3.64. The fourth-order valence-electron chi connectivity index (χ4n) is 3.59. The number of hydrogen-bond donors (Lipinski definition) is 1. The number of nitrogens with zero attached hydrogens (tertiary/aromatic N) is 2. The van der Waals surface area contributed by atoms with E-state index in [1.54, 1.807) is 0 Å². The van der Waals surface area contributed by atoms with E-state index in [4.69, 9.17) is 5.11 Å². The summed E-state index contributed by atoms with van der Waals surface area (Å²) in [5, 5.41) is 18.2. The first-order valence-corrected chi connectivity index (χ1v) is 7.13. The molecule has 3 atom stereocenters. The fraction of sp³-hybridized carbons (Fsp3) is 0.929. The lowest BCUT2D eigenvalue weighted by atomic mass is 9.84. The molecule has 1 aliphatic carbocycles. The average Bonchev–Trinajstić information content (AvgIpc) is 2.84. The van der Waals surface area contributed by atoms with E-state index >= 15 is 0 Å². The molecule has 2 aliphatic rings. The summed E-state index contributed by atoms with van der Waals surface area (Å²) in [5.41, 5.74) is 0. The maximum Gasteiger partial charge on any atom is 0.0672 e. The van der Waals surface area contributed by atoms with Crippen LogP contribution in [-0.2, 0) is 0 Å². The van der Waals surface area contributed by atoms with E-state index in [-0.39, 0.29) is 5.92 Å². The molecule has 2 fully saturated rings. The van der Waals surface area contributed by atoms with Crippen molar-refractivity contribution in [3.63, 3.8) is 0 Å². The SMILES string of the molecule is N#CC1CCCCC1N1CCCC1CCCO. The fourth-order valence-corrected chi connectivity index (χ4v) is 3.59. The van der Waals surface area contributed by atoms with Crippen molar-refractivity contribution in [2.24, 2.45) is 5.92 Å². The van der Waals surface area contributed by atoms with E-state index in [1.165, 1.54) is 38.6 Å². The molecule has 3 unspecified atom stereocenters. The molecule has 1 aliphatic heterocycles. The number of rotatable bonds is 4. The van der Waals surface area contributed by atoms with E-state index in [0.29, 0.717) is 18.7 Å². The summed E-state index contributed by atoms with van der Waals surface area (Å²) in [6.45, 7) is 1.47. The lowest BCUT2D eigenvalue weighted by molar-refractivity contribution is 0.105. The Kier molecular flexibility index (Phi) is 4.82. The molecule has 0 aromatic heterocycles. The normalized spacial score (nSPS) is 34.7. The van der Waals surface area contributed by atoms with E-state index in [2.05, 4.69) is 11.0 Å². The van der Waals surface area contributed by atoms with E-state index in [1.807, 2.05) is 0 Å². The monoisotopic (exact) mass is 236 g/mol. The third-order valence-electron chi connectivity index (χ3n) is 4.44. The Morgan fingerprint density at radius 3 is 2.76 bits per heavy atom. The number of aliphatic hydroxyl groups excluding tert-OH is 1. The minimum atomic E-state index is 0.249. The maximum atomic E-state index is 9.27. The Hall–Kier alpha value is -0.590. The standard InChI is InChI=1S/C14H24N2O/c15-11-12-5-1-2-8-14(12)16-9-3-6-13(16)7-4-10-17/h12-14,17H,1-10H2. The van der Waals surface area contributed by atoms with Crippen molar-refractivity contribution in [2.75, 3.05) is 13.2 Å². The van der Waals surface area contributed by atoms with Crippen molar-refractivity contribution in [3.8, 4) is 6.07 Å². The molecule has 3 heteroatoms. The summed E-state index contributed by atoms with van der Waals surface area (Å²) in [4.78, 5) is 2.59. The van der Waals surface area contributed by atoms with Gasteiger partial charge in [0.15, 0.2) is 0 Å². The van der Waals surface area contributed by atoms with Crippen LogP contribution in [0.2, 0.25) is 0 Å². The van der Waals surface area contributed by atoms with Crippen LogP contribution in [0, 0.1) is 17.2 Å². The highest BCUT2D eigenvalue weighted by atomic mass is 16.2. The number of nitriles is 1. The van der Waals surface area contributed by atoms with Crippen LogP contribution in [0.15, 0.2) is 0 Å². The summed E-state index contributed by atoms with van der Waals surface area (Å²) in [7, 11) is 0. The molecule has 96 valence electrons. The predicted octanol–water partition coefficient (Wildman–Crippen LogP) is 2.31. The highest BCUT2D eigenvalue weighted by molar-refractivity contribution is 4.98. The molecule has 2 rings (SSSR count). The summed E-state index contributed by atoms with van der Waals surface area (Å²) >= 11 is 0. The zero-order chi connectivity index (χ0) is 12.1. The first-order chi connectivity index (χ1) is 8.36. The molecule has 1 saturated carbocycles. The topological polar surface area (TPSA) is 47.3 Å². The second-order valence-corrected chi connectivity index (χ2v) is 5.49. The first-order valence-electron chi connectivity index (χ1n) is 7.13. The molecule has 1 saturated heterocycles. The molecule has 17 heavy (non-hydrogen) atoms. The molecular weight excluding hydrogens is 212 g/mol. The molecule has 0 aromatic carbocycles. The molecule has 3 nitrogen and oxygen atoms in total. The highest BCUT2D eigenvalue weighted by Gasteiger charge is 2.36. The van der Waals surface area contributed by atoms with Gasteiger partial charge in [-0.25, -0.2) is 0 Å². The van der Waals surface area contributed by atoms with Gasteiger partial charge in [0.05, 0.1) is 12.0 Å². The second-order valence-electron chi connectivity index (χ2n) is 5.49. The number of aliphatic hydroxyl groups is 1. The smallest absolute Gasteiger partial charge is 0.0672 e.